The summed E-state index contributed by atoms with van der Waals surface area (Å²) in [6.07, 6.45) is 2.76. The van der Waals surface area contributed by atoms with E-state index in [9.17, 15) is 4.79 Å². The smallest absolute Gasteiger partial charge is 0.316 e. The van der Waals surface area contributed by atoms with Crippen LogP contribution in [0.5, 0.6) is 0 Å². The van der Waals surface area contributed by atoms with E-state index in [0.717, 1.165) is 29.2 Å². The fourth-order valence-electron chi connectivity index (χ4n) is 1.52. The van der Waals surface area contributed by atoms with Crippen LogP contribution in [0.4, 0.5) is 0 Å². The lowest BCUT2D eigenvalue weighted by atomic mass is 9.92. The normalized spacial score (nSPS) is 15.6. The van der Waals surface area contributed by atoms with Crippen LogP contribution in [-0.2, 0) is 22.4 Å². The number of nitrogens with zero attached hydrogens (tertiary/aromatic N) is 2. The first kappa shape index (κ1) is 11.4. The number of rotatable bonds is 2. The molecule has 0 aliphatic carbocycles. The Hall–Kier alpha value is -1.10. The van der Waals surface area contributed by atoms with E-state index in [1.807, 2.05) is 11.8 Å². The van der Waals surface area contributed by atoms with Crippen molar-refractivity contribution in [1.82, 2.24) is 9.97 Å². The molecule has 0 amide bonds. The number of hydrogen-bond donors (Lipinski definition) is 1. The molecule has 0 unspecified atom stereocenters. The first-order chi connectivity index (χ1) is 7.51. The lowest BCUT2D eigenvalue weighted by Gasteiger charge is -2.20. The first-order valence-corrected chi connectivity index (χ1v) is 6.33. The molecule has 0 saturated carbocycles. The van der Waals surface area contributed by atoms with Crippen molar-refractivity contribution in [3.05, 3.63) is 23.3 Å². The van der Waals surface area contributed by atoms with Crippen LogP contribution >= 0.6 is 11.8 Å². The number of aromatic nitrogens is 2. The minimum absolute atomic E-state index is 0.404. The maximum atomic E-state index is 11.1. The van der Waals surface area contributed by atoms with Crippen molar-refractivity contribution in [2.45, 2.75) is 31.4 Å². The van der Waals surface area contributed by atoms with Crippen molar-refractivity contribution in [3.63, 3.8) is 0 Å². The highest BCUT2D eigenvalue weighted by atomic mass is 32.2. The quantitative estimate of drug-likeness (QED) is 0.848. The number of fused-ring (bicyclic) bond motifs is 1. The predicted octanol–water partition coefficient (Wildman–Crippen LogP) is 1.63. The van der Waals surface area contributed by atoms with E-state index in [1.165, 1.54) is 0 Å². The summed E-state index contributed by atoms with van der Waals surface area (Å²) in [4.78, 5) is 19.7. The molecular weight excluding hydrogens is 224 g/mol. The molecule has 2 rings (SSSR count). The van der Waals surface area contributed by atoms with Gasteiger partial charge in [0.15, 0.2) is 0 Å². The maximum Gasteiger partial charge on any atom is 0.316 e. The molecule has 16 heavy (non-hydrogen) atoms. The van der Waals surface area contributed by atoms with E-state index in [4.69, 9.17) is 5.11 Å². The van der Waals surface area contributed by atoms with Crippen molar-refractivity contribution in [3.8, 4) is 0 Å². The summed E-state index contributed by atoms with van der Waals surface area (Å²) >= 11 is 1.83. The molecule has 1 N–H and O–H groups in total. The maximum absolute atomic E-state index is 11.1. The molecule has 86 valence electrons. The molecule has 0 radical (unpaired) electrons. The highest BCUT2D eigenvalue weighted by molar-refractivity contribution is 7.98. The van der Waals surface area contributed by atoms with Gasteiger partial charge in [-0.15, -0.1) is 0 Å². The molecular formula is C11H14N2O2S. The van der Waals surface area contributed by atoms with Gasteiger partial charge in [0.1, 0.15) is 11.2 Å². The summed E-state index contributed by atoms with van der Waals surface area (Å²) in [6.45, 7) is 3.26. The largest absolute Gasteiger partial charge is 0.481 e. The fraction of sp³-hybridized carbons (Fsp3) is 0.545. The van der Waals surface area contributed by atoms with Gasteiger partial charge in [0.2, 0.25) is 0 Å². The summed E-state index contributed by atoms with van der Waals surface area (Å²) in [6, 6.07) is 0. The van der Waals surface area contributed by atoms with E-state index in [0.29, 0.717) is 5.82 Å². The zero-order chi connectivity index (χ0) is 11.8. The first-order valence-electron chi connectivity index (χ1n) is 5.18. The molecule has 1 aromatic heterocycles. The Kier molecular flexibility index (Phi) is 2.88. The van der Waals surface area contributed by atoms with Crippen LogP contribution < -0.4 is 0 Å². The van der Waals surface area contributed by atoms with Gasteiger partial charge in [-0.3, -0.25) is 4.79 Å². The lowest BCUT2D eigenvalue weighted by Crippen LogP contribution is -2.31. The second kappa shape index (κ2) is 4.05. The van der Waals surface area contributed by atoms with Crippen molar-refractivity contribution >= 4 is 17.7 Å². The third-order valence-electron chi connectivity index (χ3n) is 2.80. The Balaban J connectivity index is 2.40. The topological polar surface area (TPSA) is 63.1 Å². The average Bonchev–Trinajstić information content (AvgIpc) is 2.28. The summed E-state index contributed by atoms with van der Waals surface area (Å²) in [5.41, 5.74) is 1.14. The molecule has 1 aromatic rings. The fourth-order valence-corrected chi connectivity index (χ4v) is 2.48. The Bertz CT molecular complexity index is 432. The summed E-state index contributed by atoms with van der Waals surface area (Å²) in [7, 11) is 0. The number of aliphatic carboxylic acids is 1. The van der Waals surface area contributed by atoms with Gasteiger partial charge in [-0.2, -0.15) is 11.8 Å². The highest BCUT2D eigenvalue weighted by Crippen LogP contribution is 2.26. The van der Waals surface area contributed by atoms with Crippen LogP contribution in [0.2, 0.25) is 0 Å². The van der Waals surface area contributed by atoms with Gasteiger partial charge in [0.25, 0.3) is 0 Å². The predicted molar refractivity (Wildman–Crippen MR) is 62.6 cm³/mol. The minimum atomic E-state index is -1.02. The van der Waals surface area contributed by atoms with Crippen LogP contribution in [0.3, 0.4) is 0 Å². The summed E-state index contributed by atoms with van der Waals surface area (Å²) < 4.78 is 0. The zero-order valence-electron chi connectivity index (χ0n) is 9.36. The molecule has 1 aliphatic heterocycles. The molecule has 0 saturated heterocycles. The van der Waals surface area contributed by atoms with Crippen molar-refractivity contribution in [2.75, 3.05) is 5.75 Å². The van der Waals surface area contributed by atoms with E-state index in [2.05, 4.69) is 9.97 Å². The standard InChI is InChI=1S/C11H14N2O2S/c1-11(2,10(14)15)9-12-5-7-3-4-16-6-8(7)13-9/h5H,3-4,6H2,1-2H3,(H,14,15). The number of carboxylic acid groups (broad SMARTS) is 1. The van der Waals surface area contributed by atoms with Gasteiger partial charge in [0, 0.05) is 11.9 Å². The van der Waals surface area contributed by atoms with Gasteiger partial charge in [-0.1, -0.05) is 0 Å². The Morgan fingerprint density at radius 3 is 3.00 bits per heavy atom. The van der Waals surface area contributed by atoms with E-state index >= 15 is 0 Å². The number of thioether (sulfide) groups is 1. The number of aryl methyl sites for hydroxylation is 1. The average molecular weight is 238 g/mol. The van der Waals surface area contributed by atoms with Crippen LogP contribution in [0.25, 0.3) is 0 Å². The van der Waals surface area contributed by atoms with Gasteiger partial charge in [-0.25, -0.2) is 9.97 Å². The SMILES string of the molecule is CC(C)(C(=O)O)c1ncc2c(n1)CSCC2. The molecule has 4 nitrogen and oxygen atoms in total. The van der Waals surface area contributed by atoms with Gasteiger partial charge in [0.05, 0.1) is 5.69 Å². The molecule has 2 heterocycles. The monoisotopic (exact) mass is 238 g/mol. The van der Waals surface area contributed by atoms with Gasteiger partial charge in [-0.05, 0) is 31.6 Å². The molecule has 0 aromatic carbocycles. The third-order valence-corrected chi connectivity index (χ3v) is 3.77. The van der Waals surface area contributed by atoms with Crippen LogP contribution in [0.1, 0.15) is 30.9 Å². The zero-order valence-corrected chi connectivity index (χ0v) is 10.2. The van der Waals surface area contributed by atoms with Gasteiger partial charge >= 0.3 is 5.97 Å². The van der Waals surface area contributed by atoms with Crippen LogP contribution in [0.15, 0.2) is 6.20 Å². The molecule has 1 aliphatic rings. The lowest BCUT2D eigenvalue weighted by molar-refractivity contribution is -0.142. The van der Waals surface area contributed by atoms with Crippen molar-refractivity contribution in [1.29, 1.82) is 0 Å². The van der Waals surface area contributed by atoms with Crippen LogP contribution in [0, 0.1) is 0 Å². The highest BCUT2D eigenvalue weighted by Gasteiger charge is 2.33. The van der Waals surface area contributed by atoms with E-state index in [1.54, 1.807) is 20.0 Å². The Morgan fingerprint density at radius 1 is 1.56 bits per heavy atom. The second-order valence-corrected chi connectivity index (χ2v) is 5.50. The van der Waals surface area contributed by atoms with Crippen LogP contribution in [-0.4, -0.2) is 26.8 Å². The second-order valence-electron chi connectivity index (χ2n) is 4.40. The van der Waals surface area contributed by atoms with E-state index in [-0.39, 0.29) is 0 Å². The van der Waals surface area contributed by atoms with Gasteiger partial charge < -0.3 is 5.11 Å². The summed E-state index contributed by atoms with van der Waals surface area (Å²) in [5, 5.41) is 9.11. The number of carboxylic acids is 1. The summed E-state index contributed by atoms with van der Waals surface area (Å²) in [5.74, 6) is 1.47. The van der Waals surface area contributed by atoms with Crippen molar-refractivity contribution in [2.24, 2.45) is 0 Å². The minimum Gasteiger partial charge on any atom is -0.481 e. The molecule has 0 atom stereocenters. The number of hydrogen-bond acceptors (Lipinski definition) is 4. The van der Waals surface area contributed by atoms with Crippen molar-refractivity contribution < 1.29 is 9.90 Å². The molecule has 0 fully saturated rings. The van der Waals surface area contributed by atoms with E-state index < -0.39 is 11.4 Å². The third kappa shape index (κ3) is 1.91. The Labute approximate surface area is 98.5 Å². The molecule has 0 spiro atoms. The molecule has 5 heteroatoms. The number of carbonyl (C=O) groups is 1. The Morgan fingerprint density at radius 2 is 2.31 bits per heavy atom. The molecule has 0 bridgehead atoms.